The molecule has 1 aliphatic heterocycles. The van der Waals surface area contributed by atoms with Crippen LogP contribution in [0.25, 0.3) is 0 Å². The molecule has 0 bridgehead atoms. The van der Waals surface area contributed by atoms with Crippen molar-refractivity contribution < 1.29 is 12.8 Å². The van der Waals surface area contributed by atoms with Crippen LogP contribution < -0.4 is 10.5 Å². The summed E-state index contributed by atoms with van der Waals surface area (Å²) in [6.45, 7) is 2.17. The molecule has 0 saturated carbocycles. The number of rotatable bonds is 4. The van der Waals surface area contributed by atoms with E-state index >= 15 is 0 Å². The molecule has 1 heterocycles. The van der Waals surface area contributed by atoms with Crippen LogP contribution in [-0.2, 0) is 10.0 Å². The number of likely N-dealkylation sites (tertiary alicyclic amines) is 1. The van der Waals surface area contributed by atoms with Crippen molar-refractivity contribution in [2.24, 2.45) is 5.92 Å². The standard InChI is InChI=1S/C13H19BrFN3O2S/c1-18-4-2-3-9(8-18)7-17-21(19,20)12-6-10(16)5-11(14)13(12)15/h5-6,9,17H,2-4,7-8,16H2,1H3. The molecule has 1 aromatic carbocycles. The Labute approximate surface area is 132 Å². The van der Waals surface area contributed by atoms with Gasteiger partial charge in [-0.2, -0.15) is 0 Å². The Hall–Kier alpha value is -0.700. The van der Waals surface area contributed by atoms with Gasteiger partial charge in [-0.25, -0.2) is 17.5 Å². The molecule has 0 aromatic heterocycles. The zero-order valence-electron chi connectivity index (χ0n) is 11.8. The molecule has 8 heteroatoms. The fourth-order valence-corrected chi connectivity index (χ4v) is 4.38. The molecule has 0 amide bonds. The number of anilines is 1. The summed E-state index contributed by atoms with van der Waals surface area (Å²) in [5, 5.41) is 0. The molecule has 2 rings (SSSR count). The van der Waals surface area contributed by atoms with Crippen molar-refractivity contribution in [3.8, 4) is 0 Å². The van der Waals surface area contributed by atoms with Gasteiger partial charge in [0.25, 0.3) is 0 Å². The molecule has 5 nitrogen and oxygen atoms in total. The number of nitrogens with one attached hydrogen (secondary N) is 1. The van der Waals surface area contributed by atoms with Crippen LogP contribution in [0.5, 0.6) is 0 Å². The van der Waals surface area contributed by atoms with E-state index in [1.54, 1.807) is 0 Å². The van der Waals surface area contributed by atoms with Crippen molar-refractivity contribution in [2.45, 2.75) is 17.7 Å². The highest BCUT2D eigenvalue weighted by Gasteiger charge is 2.24. The maximum absolute atomic E-state index is 14.0. The third-order valence-electron chi connectivity index (χ3n) is 3.59. The van der Waals surface area contributed by atoms with Crippen LogP contribution >= 0.6 is 15.9 Å². The van der Waals surface area contributed by atoms with Crippen LogP contribution in [0.1, 0.15) is 12.8 Å². The van der Waals surface area contributed by atoms with Gasteiger partial charge in [-0.1, -0.05) is 0 Å². The van der Waals surface area contributed by atoms with Crippen molar-refractivity contribution in [3.05, 3.63) is 22.4 Å². The highest BCUT2D eigenvalue weighted by atomic mass is 79.9. The lowest BCUT2D eigenvalue weighted by Crippen LogP contribution is -2.39. The van der Waals surface area contributed by atoms with E-state index in [9.17, 15) is 12.8 Å². The number of halogens is 2. The SMILES string of the molecule is CN1CCCC(CNS(=O)(=O)c2cc(N)cc(Br)c2F)C1. The molecule has 1 aliphatic rings. The van der Waals surface area contributed by atoms with Crippen LogP contribution in [0.15, 0.2) is 21.5 Å². The molecule has 3 N–H and O–H groups in total. The summed E-state index contributed by atoms with van der Waals surface area (Å²) < 4.78 is 41.0. The topological polar surface area (TPSA) is 75.4 Å². The van der Waals surface area contributed by atoms with E-state index in [2.05, 4.69) is 25.6 Å². The molecular weight excluding hydrogens is 361 g/mol. The summed E-state index contributed by atoms with van der Waals surface area (Å²) in [5.41, 5.74) is 5.78. The largest absolute Gasteiger partial charge is 0.399 e. The molecule has 21 heavy (non-hydrogen) atoms. The lowest BCUT2D eigenvalue weighted by Gasteiger charge is -2.29. The van der Waals surface area contributed by atoms with Crippen LogP contribution in [0.3, 0.4) is 0 Å². The first-order valence-corrected chi connectivity index (χ1v) is 9.00. The van der Waals surface area contributed by atoms with E-state index in [4.69, 9.17) is 5.73 Å². The predicted molar refractivity (Wildman–Crippen MR) is 83.9 cm³/mol. The Morgan fingerprint density at radius 1 is 1.52 bits per heavy atom. The third kappa shape index (κ3) is 4.15. The molecule has 0 radical (unpaired) electrons. The molecule has 1 atom stereocenters. The van der Waals surface area contributed by atoms with Crippen molar-refractivity contribution in [1.82, 2.24) is 9.62 Å². The predicted octanol–water partition coefficient (Wildman–Crippen LogP) is 1.79. The summed E-state index contributed by atoms with van der Waals surface area (Å²) >= 11 is 2.97. The fraction of sp³-hybridized carbons (Fsp3) is 0.538. The molecule has 0 aliphatic carbocycles. The van der Waals surface area contributed by atoms with E-state index in [1.807, 2.05) is 7.05 Å². The fourth-order valence-electron chi connectivity index (χ4n) is 2.52. The molecule has 118 valence electrons. The van der Waals surface area contributed by atoms with Crippen molar-refractivity contribution >= 4 is 31.6 Å². The van der Waals surface area contributed by atoms with Gasteiger partial charge in [-0.05, 0) is 60.4 Å². The average Bonchev–Trinajstić information content (AvgIpc) is 2.41. The van der Waals surface area contributed by atoms with Crippen LogP contribution in [0, 0.1) is 11.7 Å². The zero-order chi connectivity index (χ0) is 15.6. The van der Waals surface area contributed by atoms with Gasteiger partial charge >= 0.3 is 0 Å². The van der Waals surface area contributed by atoms with Gasteiger partial charge in [0.05, 0.1) is 4.47 Å². The second-order valence-corrected chi connectivity index (χ2v) is 8.03. The van der Waals surface area contributed by atoms with Gasteiger partial charge < -0.3 is 10.6 Å². The summed E-state index contributed by atoms with van der Waals surface area (Å²) in [7, 11) is -1.90. The minimum Gasteiger partial charge on any atom is -0.399 e. The van der Waals surface area contributed by atoms with Gasteiger partial charge in [-0.3, -0.25) is 0 Å². The highest BCUT2D eigenvalue weighted by molar-refractivity contribution is 9.10. The van der Waals surface area contributed by atoms with Crippen molar-refractivity contribution in [1.29, 1.82) is 0 Å². The second kappa shape index (κ2) is 6.60. The van der Waals surface area contributed by atoms with E-state index in [1.165, 1.54) is 6.07 Å². The van der Waals surface area contributed by atoms with E-state index in [-0.39, 0.29) is 16.1 Å². The molecular formula is C13H19BrFN3O2S. The highest BCUT2D eigenvalue weighted by Crippen LogP contribution is 2.26. The van der Waals surface area contributed by atoms with Gasteiger partial charge in [0.2, 0.25) is 10.0 Å². The van der Waals surface area contributed by atoms with Crippen LogP contribution in [0.4, 0.5) is 10.1 Å². The number of nitrogens with two attached hydrogens (primary N) is 1. The number of piperidine rings is 1. The van der Waals surface area contributed by atoms with Gasteiger partial charge in [0.15, 0.2) is 5.82 Å². The first kappa shape index (κ1) is 16.7. The molecule has 1 saturated heterocycles. The second-order valence-electron chi connectivity index (χ2n) is 5.44. The quantitative estimate of drug-likeness (QED) is 0.781. The summed E-state index contributed by atoms with van der Waals surface area (Å²) in [6.07, 6.45) is 2.01. The number of benzene rings is 1. The maximum Gasteiger partial charge on any atom is 0.243 e. The van der Waals surface area contributed by atoms with Crippen LogP contribution in [0.2, 0.25) is 0 Å². The first-order valence-electron chi connectivity index (χ1n) is 6.72. The Balaban J connectivity index is 2.12. The Morgan fingerprint density at radius 2 is 2.24 bits per heavy atom. The van der Waals surface area contributed by atoms with Crippen molar-refractivity contribution in [2.75, 3.05) is 32.4 Å². The first-order chi connectivity index (χ1) is 9.79. The number of nitrogen functional groups attached to an aromatic ring is 1. The van der Waals surface area contributed by atoms with Crippen molar-refractivity contribution in [3.63, 3.8) is 0 Å². The summed E-state index contributed by atoms with van der Waals surface area (Å²) in [6, 6.07) is 2.47. The maximum atomic E-state index is 14.0. The summed E-state index contributed by atoms with van der Waals surface area (Å²) in [4.78, 5) is 1.75. The smallest absolute Gasteiger partial charge is 0.243 e. The zero-order valence-corrected chi connectivity index (χ0v) is 14.2. The molecule has 1 aromatic rings. The third-order valence-corrected chi connectivity index (χ3v) is 5.59. The van der Waals surface area contributed by atoms with Crippen LogP contribution in [-0.4, -0.2) is 40.0 Å². The number of nitrogens with zero attached hydrogens (tertiary/aromatic N) is 1. The lowest BCUT2D eigenvalue weighted by molar-refractivity contribution is 0.211. The number of hydrogen-bond acceptors (Lipinski definition) is 4. The Morgan fingerprint density at radius 3 is 2.90 bits per heavy atom. The minimum absolute atomic E-state index is 0.0419. The average molecular weight is 380 g/mol. The van der Waals surface area contributed by atoms with Gasteiger partial charge in [0.1, 0.15) is 4.90 Å². The monoisotopic (exact) mass is 379 g/mol. The molecule has 1 fully saturated rings. The lowest BCUT2D eigenvalue weighted by atomic mass is 9.99. The Bertz CT molecular complexity index is 624. The summed E-state index contributed by atoms with van der Waals surface area (Å²) in [5.74, 6) is -0.580. The van der Waals surface area contributed by atoms with Gasteiger partial charge in [0, 0.05) is 18.8 Å². The van der Waals surface area contributed by atoms with Gasteiger partial charge in [-0.15, -0.1) is 0 Å². The Kier molecular flexibility index (Phi) is 5.24. The van der Waals surface area contributed by atoms with E-state index in [0.717, 1.165) is 32.0 Å². The minimum atomic E-state index is -3.91. The number of sulfonamides is 1. The molecule has 1 unspecified atom stereocenters. The van der Waals surface area contributed by atoms with E-state index < -0.39 is 20.7 Å². The normalized spacial score (nSPS) is 20.6. The molecule has 0 spiro atoms. The number of hydrogen-bond donors (Lipinski definition) is 2. The van der Waals surface area contributed by atoms with E-state index in [0.29, 0.717) is 6.54 Å².